The summed E-state index contributed by atoms with van der Waals surface area (Å²) in [4.78, 5) is 0. The quantitative estimate of drug-likeness (QED) is 0.0895. The molecule has 0 aromatic rings. The third-order valence-electron chi connectivity index (χ3n) is 8.28. The molecule has 0 saturated carbocycles. The van der Waals surface area contributed by atoms with Gasteiger partial charge in [-0.1, -0.05) is 206 Å². The molecule has 0 fully saturated rings. The standard InChI is InChI=1S/C35H72O/c1-3-5-7-9-11-13-15-16-17-18-19-20-21-22-23-24-26-28-30-32-34-35(36)33-31-29-27-25-14-12-10-8-6-4-2/h35-36H,3-34H2,1-2H3. The van der Waals surface area contributed by atoms with Crippen LogP contribution in [0.3, 0.4) is 0 Å². The van der Waals surface area contributed by atoms with E-state index in [1.54, 1.807) is 0 Å². The minimum atomic E-state index is -0.0328. The molecule has 0 saturated heterocycles. The van der Waals surface area contributed by atoms with Crippen LogP contribution in [0.15, 0.2) is 0 Å². The van der Waals surface area contributed by atoms with Crippen molar-refractivity contribution in [2.24, 2.45) is 0 Å². The van der Waals surface area contributed by atoms with Crippen molar-refractivity contribution in [2.75, 3.05) is 0 Å². The van der Waals surface area contributed by atoms with Gasteiger partial charge in [0.2, 0.25) is 0 Å². The number of unbranched alkanes of at least 4 members (excludes halogenated alkanes) is 28. The van der Waals surface area contributed by atoms with Crippen LogP contribution in [0.2, 0.25) is 0 Å². The molecule has 0 amide bonds. The molecule has 36 heavy (non-hydrogen) atoms. The van der Waals surface area contributed by atoms with Crippen molar-refractivity contribution in [1.29, 1.82) is 0 Å². The Morgan fingerprint density at radius 3 is 0.639 bits per heavy atom. The molecule has 1 unspecified atom stereocenters. The summed E-state index contributed by atoms with van der Waals surface area (Å²) in [5.74, 6) is 0. The van der Waals surface area contributed by atoms with E-state index in [9.17, 15) is 5.11 Å². The van der Waals surface area contributed by atoms with Gasteiger partial charge in [-0.2, -0.15) is 0 Å². The Morgan fingerprint density at radius 2 is 0.444 bits per heavy atom. The minimum Gasteiger partial charge on any atom is -0.393 e. The topological polar surface area (TPSA) is 20.2 Å². The molecule has 1 heteroatoms. The highest BCUT2D eigenvalue weighted by atomic mass is 16.3. The van der Waals surface area contributed by atoms with Crippen LogP contribution in [-0.4, -0.2) is 11.2 Å². The summed E-state index contributed by atoms with van der Waals surface area (Å²) in [7, 11) is 0. The minimum absolute atomic E-state index is 0.0328. The maximum absolute atomic E-state index is 10.2. The predicted octanol–water partition coefficient (Wildman–Crippen LogP) is 12.9. The summed E-state index contributed by atoms with van der Waals surface area (Å²) < 4.78 is 0. The predicted molar refractivity (Wildman–Crippen MR) is 165 cm³/mol. The van der Waals surface area contributed by atoms with Gasteiger partial charge in [0.05, 0.1) is 6.10 Å². The molecule has 0 aromatic heterocycles. The molecule has 0 radical (unpaired) electrons. The summed E-state index contributed by atoms with van der Waals surface area (Å²) in [5, 5.41) is 10.2. The van der Waals surface area contributed by atoms with Crippen molar-refractivity contribution < 1.29 is 5.11 Å². The fraction of sp³-hybridized carbons (Fsp3) is 1.00. The number of aliphatic hydroxyl groups is 1. The highest BCUT2D eigenvalue weighted by molar-refractivity contribution is 4.58. The van der Waals surface area contributed by atoms with Gasteiger partial charge in [-0.3, -0.25) is 0 Å². The fourth-order valence-corrected chi connectivity index (χ4v) is 5.65. The first-order valence-corrected chi connectivity index (χ1v) is 17.5. The molecule has 0 aliphatic heterocycles. The van der Waals surface area contributed by atoms with Gasteiger partial charge in [0.25, 0.3) is 0 Å². The van der Waals surface area contributed by atoms with Crippen LogP contribution in [0.5, 0.6) is 0 Å². The zero-order valence-corrected chi connectivity index (χ0v) is 25.7. The normalized spacial score (nSPS) is 12.4. The molecule has 0 aromatic carbocycles. The molecule has 218 valence electrons. The second kappa shape index (κ2) is 33.0. The van der Waals surface area contributed by atoms with E-state index >= 15 is 0 Å². The Morgan fingerprint density at radius 1 is 0.278 bits per heavy atom. The largest absolute Gasteiger partial charge is 0.393 e. The zero-order valence-electron chi connectivity index (χ0n) is 25.7. The Balaban J connectivity index is 3.11. The van der Waals surface area contributed by atoms with Crippen LogP contribution >= 0.6 is 0 Å². The highest BCUT2D eigenvalue weighted by Gasteiger charge is 2.04. The lowest BCUT2D eigenvalue weighted by Gasteiger charge is -2.10. The SMILES string of the molecule is CCCCCCCCCCCCCCCCCCCCCCC(O)CCCCCCCCCCCC. The monoisotopic (exact) mass is 509 g/mol. The van der Waals surface area contributed by atoms with Crippen molar-refractivity contribution in [2.45, 2.75) is 225 Å². The molecule has 0 rings (SSSR count). The van der Waals surface area contributed by atoms with Crippen LogP contribution in [0.4, 0.5) is 0 Å². The van der Waals surface area contributed by atoms with Crippen molar-refractivity contribution in [3.05, 3.63) is 0 Å². The number of aliphatic hydroxyl groups excluding tert-OH is 1. The Labute approximate surface area is 230 Å². The van der Waals surface area contributed by atoms with E-state index in [0.29, 0.717) is 0 Å². The van der Waals surface area contributed by atoms with Crippen LogP contribution < -0.4 is 0 Å². The van der Waals surface area contributed by atoms with Gasteiger partial charge in [0.15, 0.2) is 0 Å². The first-order valence-electron chi connectivity index (χ1n) is 17.5. The van der Waals surface area contributed by atoms with Crippen molar-refractivity contribution in [3.63, 3.8) is 0 Å². The molecular weight excluding hydrogens is 436 g/mol. The molecule has 1 N–H and O–H groups in total. The van der Waals surface area contributed by atoms with E-state index in [1.807, 2.05) is 0 Å². The lowest BCUT2D eigenvalue weighted by molar-refractivity contribution is 0.147. The second-order valence-electron chi connectivity index (χ2n) is 12.1. The summed E-state index contributed by atoms with van der Waals surface area (Å²) in [5.41, 5.74) is 0. The average molecular weight is 509 g/mol. The summed E-state index contributed by atoms with van der Waals surface area (Å²) in [6.07, 6.45) is 44.5. The van der Waals surface area contributed by atoms with Gasteiger partial charge in [-0.25, -0.2) is 0 Å². The molecule has 0 bridgehead atoms. The van der Waals surface area contributed by atoms with Gasteiger partial charge in [0, 0.05) is 0 Å². The van der Waals surface area contributed by atoms with E-state index < -0.39 is 0 Å². The van der Waals surface area contributed by atoms with Crippen molar-refractivity contribution in [1.82, 2.24) is 0 Å². The van der Waals surface area contributed by atoms with Crippen LogP contribution in [-0.2, 0) is 0 Å². The van der Waals surface area contributed by atoms with Gasteiger partial charge in [-0.05, 0) is 12.8 Å². The van der Waals surface area contributed by atoms with Crippen LogP contribution in [0.25, 0.3) is 0 Å². The van der Waals surface area contributed by atoms with E-state index in [2.05, 4.69) is 13.8 Å². The Bertz CT molecular complexity index is 366. The lowest BCUT2D eigenvalue weighted by atomic mass is 10.0. The Kier molecular flexibility index (Phi) is 33.0. The first-order chi connectivity index (χ1) is 17.8. The molecule has 0 aliphatic carbocycles. The summed E-state index contributed by atoms with van der Waals surface area (Å²) in [6, 6.07) is 0. The molecule has 0 aliphatic rings. The van der Waals surface area contributed by atoms with Crippen molar-refractivity contribution in [3.8, 4) is 0 Å². The van der Waals surface area contributed by atoms with E-state index in [1.165, 1.54) is 193 Å². The third kappa shape index (κ3) is 32.0. The van der Waals surface area contributed by atoms with E-state index in [0.717, 1.165) is 12.8 Å². The van der Waals surface area contributed by atoms with Gasteiger partial charge in [-0.15, -0.1) is 0 Å². The number of rotatable bonds is 32. The Hall–Kier alpha value is -0.0400. The number of hydrogen-bond acceptors (Lipinski definition) is 1. The van der Waals surface area contributed by atoms with E-state index in [-0.39, 0.29) is 6.10 Å². The number of hydrogen-bond donors (Lipinski definition) is 1. The summed E-state index contributed by atoms with van der Waals surface area (Å²) >= 11 is 0. The third-order valence-corrected chi connectivity index (χ3v) is 8.28. The fourth-order valence-electron chi connectivity index (χ4n) is 5.65. The van der Waals surface area contributed by atoms with Crippen LogP contribution in [0, 0.1) is 0 Å². The maximum atomic E-state index is 10.2. The second-order valence-corrected chi connectivity index (χ2v) is 12.1. The van der Waals surface area contributed by atoms with Gasteiger partial charge < -0.3 is 5.11 Å². The first kappa shape index (κ1) is 36.0. The van der Waals surface area contributed by atoms with Gasteiger partial charge in [0.1, 0.15) is 0 Å². The zero-order chi connectivity index (χ0) is 26.2. The molecule has 1 atom stereocenters. The highest BCUT2D eigenvalue weighted by Crippen LogP contribution is 2.17. The van der Waals surface area contributed by atoms with Crippen molar-refractivity contribution >= 4 is 0 Å². The average Bonchev–Trinajstić information content (AvgIpc) is 2.88. The molecule has 0 heterocycles. The van der Waals surface area contributed by atoms with E-state index in [4.69, 9.17) is 0 Å². The smallest absolute Gasteiger partial charge is 0.0540 e. The van der Waals surface area contributed by atoms with Crippen LogP contribution in [0.1, 0.15) is 219 Å². The molecule has 0 spiro atoms. The lowest BCUT2D eigenvalue weighted by Crippen LogP contribution is -2.05. The summed E-state index contributed by atoms with van der Waals surface area (Å²) in [6.45, 7) is 4.59. The molecular formula is C35H72O. The maximum Gasteiger partial charge on any atom is 0.0540 e. The van der Waals surface area contributed by atoms with Gasteiger partial charge >= 0.3 is 0 Å². The molecule has 1 nitrogen and oxygen atoms in total.